The molecule has 1 atom stereocenters. The van der Waals surface area contributed by atoms with Gasteiger partial charge < -0.3 is 10.2 Å². The van der Waals surface area contributed by atoms with Gasteiger partial charge in [-0.3, -0.25) is 9.59 Å². The maximum atomic E-state index is 13.2. The first kappa shape index (κ1) is 16.5. The van der Waals surface area contributed by atoms with Gasteiger partial charge in [0.25, 0.3) is 0 Å². The molecular formula is C18H16ClFN2O2. The van der Waals surface area contributed by atoms with Crippen LogP contribution in [0, 0.1) is 18.7 Å². The molecule has 0 spiro atoms. The first-order valence-corrected chi connectivity index (χ1v) is 7.95. The van der Waals surface area contributed by atoms with Crippen molar-refractivity contribution in [3.8, 4) is 0 Å². The third-order valence-electron chi connectivity index (χ3n) is 4.03. The summed E-state index contributed by atoms with van der Waals surface area (Å²) >= 11 is 5.71. The highest BCUT2D eigenvalue weighted by Crippen LogP contribution is 2.27. The Hall–Kier alpha value is -2.40. The molecule has 124 valence electrons. The summed E-state index contributed by atoms with van der Waals surface area (Å²) in [7, 11) is 0. The van der Waals surface area contributed by atoms with Crippen LogP contribution < -0.4 is 10.2 Å². The van der Waals surface area contributed by atoms with E-state index in [-0.39, 0.29) is 23.3 Å². The van der Waals surface area contributed by atoms with Crippen molar-refractivity contribution in [2.24, 2.45) is 5.92 Å². The molecule has 0 aromatic heterocycles. The Morgan fingerprint density at radius 3 is 2.62 bits per heavy atom. The number of amides is 2. The number of nitrogens with one attached hydrogen (secondary N) is 1. The molecule has 1 fully saturated rings. The van der Waals surface area contributed by atoms with Crippen LogP contribution >= 0.6 is 11.6 Å². The van der Waals surface area contributed by atoms with E-state index in [2.05, 4.69) is 5.32 Å². The molecule has 4 nitrogen and oxygen atoms in total. The zero-order valence-electron chi connectivity index (χ0n) is 13.1. The van der Waals surface area contributed by atoms with Crippen LogP contribution in [0.4, 0.5) is 15.8 Å². The Morgan fingerprint density at radius 1 is 1.25 bits per heavy atom. The monoisotopic (exact) mass is 346 g/mol. The lowest BCUT2D eigenvalue weighted by molar-refractivity contribution is -0.122. The second-order valence-corrected chi connectivity index (χ2v) is 6.27. The summed E-state index contributed by atoms with van der Waals surface area (Å²) < 4.78 is 13.2. The molecule has 1 saturated heterocycles. The van der Waals surface area contributed by atoms with Crippen LogP contribution in [0.15, 0.2) is 42.5 Å². The lowest BCUT2D eigenvalue weighted by Gasteiger charge is -2.17. The van der Waals surface area contributed by atoms with Crippen molar-refractivity contribution in [1.29, 1.82) is 0 Å². The van der Waals surface area contributed by atoms with Gasteiger partial charge in [-0.2, -0.15) is 0 Å². The van der Waals surface area contributed by atoms with Gasteiger partial charge in [0.05, 0.1) is 10.9 Å². The summed E-state index contributed by atoms with van der Waals surface area (Å²) in [4.78, 5) is 26.2. The van der Waals surface area contributed by atoms with E-state index in [4.69, 9.17) is 11.6 Å². The zero-order chi connectivity index (χ0) is 17.3. The molecular weight excluding hydrogens is 331 g/mol. The van der Waals surface area contributed by atoms with Gasteiger partial charge >= 0.3 is 0 Å². The van der Waals surface area contributed by atoms with Crippen LogP contribution in [0.5, 0.6) is 0 Å². The fourth-order valence-electron chi connectivity index (χ4n) is 2.68. The summed E-state index contributed by atoms with van der Waals surface area (Å²) in [6.45, 7) is 2.29. The number of halogens is 2. The summed E-state index contributed by atoms with van der Waals surface area (Å²) in [6.07, 6.45) is 0.147. The van der Waals surface area contributed by atoms with Gasteiger partial charge in [-0.1, -0.05) is 29.3 Å². The number of benzene rings is 2. The molecule has 1 N–H and O–H groups in total. The Kier molecular flexibility index (Phi) is 4.53. The largest absolute Gasteiger partial charge is 0.326 e. The average molecular weight is 347 g/mol. The minimum absolute atomic E-state index is 0.0587. The fourth-order valence-corrected chi connectivity index (χ4v) is 2.86. The Balaban J connectivity index is 1.69. The zero-order valence-corrected chi connectivity index (χ0v) is 13.8. The van der Waals surface area contributed by atoms with E-state index < -0.39 is 11.7 Å². The van der Waals surface area contributed by atoms with Crippen LogP contribution in [0.25, 0.3) is 0 Å². The number of anilines is 2. The van der Waals surface area contributed by atoms with Crippen LogP contribution in [0.2, 0.25) is 5.02 Å². The van der Waals surface area contributed by atoms with Crippen LogP contribution in [-0.2, 0) is 9.59 Å². The third-order valence-corrected chi connectivity index (χ3v) is 4.32. The second-order valence-electron chi connectivity index (χ2n) is 5.86. The predicted octanol–water partition coefficient (Wildman–Crippen LogP) is 3.78. The molecule has 0 bridgehead atoms. The molecule has 0 radical (unpaired) electrons. The van der Waals surface area contributed by atoms with Crippen molar-refractivity contribution >= 4 is 34.8 Å². The number of carbonyl (C=O) groups is 2. The molecule has 2 aromatic rings. The van der Waals surface area contributed by atoms with Gasteiger partial charge in [0, 0.05) is 24.3 Å². The lowest BCUT2D eigenvalue weighted by atomic mass is 10.1. The molecule has 6 heteroatoms. The third kappa shape index (κ3) is 3.41. The Bertz CT molecular complexity index is 792. The van der Waals surface area contributed by atoms with Crippen LogP contribution in [-0.4, -0.2) is 18.4 Å². The minimum Gasteiger partial charge on any atom is -0.326 e. The number of rotatable bonds is 3. The van der Waals surface area contributed by atoms with Crippen molar-refractivity contribution in [1.82, 2.24) is 0 Å². The Morgan fingerprint density at radius 2 is 1.96 bits per heavy atom. The number of carbonyl (C=O) groups excluding carboxylic acids is 2. The first-order chi connectivity index (χ1) is 11.4. The molecule has 24 heavy (non-hydrogen) atoms. The van der Waals surface area contributed by atoms with Crippen molar-refractivity contribution in [2.75, 3.05) is 16.8 Å². The van der Waals surface area contributed by atoms with Gasteiger partial charge in [-0.15, -0.1) is 0 Å². The summed E-state index contributed by atoms with van der Waals surface area (Å²) in [6, 6.07) is 11.6. The van der Waals surface area contributed by atoms with E-state index in [9.17, 15) is 14.0 Å². The molecule has 2 aromatic carbocycles. The number of hydrogen-bond acceptors (Lipinski definition) is 2. The molecule has 1 unspecified atom stereocenters. The molecule has 2 amide bonds. The summed E-state index contributed by atoms with van der Waals surface area (Å²) in [5.41, 5.74) is 2.30. The molecule has 1 aliphatic heterocycles. The summed E-state index contributed by atoms with van der Waals surface area (Å²) in [5, 5.41) is 2.63. The number of aryl methyl sites for hydroxylation is 1. The molecule has 0 aliphatic carbocycles. The molecule has 1 aliphatic rings. The number of hydrogen-bond donors (Lipinski definition) is 1. The van der Waals surface area contributed by atoms with E-state index in [0.717, 1.165) is 11.3 Å². The van der Waals surface area contributed by atoms with Crippen molar-refractivity contribution in [3.05, 3.63) is 58.9 Å². The highest BCUT2D eigenvalue weighted by Gasteiger charge is 2.35. The smallest absolute Gasteiger partial charge is 0.229 e. The topological polar surface area (TPSA) is 49.4 Å². The van der Waals surface area contributed by atoms with Gasteiger partial charge in [-0.25, -0.2) is 4.39 Å². The highest BCUT2D eigenvalue weighted by molar-refractivity contribution is 6.31. The van der Waals surface area contributed by atoms with Gasteiger partial charge in [0.15, 0.2) is 0 Å². The second kappa shape index (κ2) is 6.61. The van der Waals surface area contributed by atoms with E-state index in [1.165, 1.54) is 18.2 Å². The quantitative estimate of drug-likeness (QED) is 0.919. The predicted molar refractivity (Wildman–Crippen MR) is 91.7 cm³/mol. The number of nitrogens with zero attached hydrogens (tertiary/aromatic N) is 1. The van der Waals surface area contributed by atoms with Crippen molar-refractivity contribution in [2.45, 2.75) is 13.3 Å². The van der Waals surface area contributed by atoms with E-state index >= 15 is 0 Å². The highest BCUT2D eigenvalue weighted by atomic mass is 35.5. The lowest BCUT2D eigenvalue weighted by Crippen LogP contribution is -2.28. The van der Waals surface area contributed by atoms with Gasteiger partial charge in [-0.05, 0) is 37.3 Å². The normalized spacial score (nSPS) is 17.2. The standard InChI is InChI=1S/C18H16ClFN2O2/c1-11-2-5-14(6-3-11)22-10-12(8-17(22)23)18(24)21-13-4-7-16(20)15(19)9-13/h2-7,9,12H,8,10H2,1H3,(H,21,24). The van der Waals surface area contributed by atoms with Crippen LogP contribution in [0.3, 0.4) is 0 Å². The molecule has 3 rings (SSSR count). The molecule has 0 saturated carbocycles. The van der Waals surface area contributed by atoms with E-state index in [1.807, 2.05) is 31.2 Å². The van der Waals surface area contributed by atoms with Gasteiger partial charge in [0.2, 0.25) is 11.8 Å². The summed E-state index contributed by atoms with van der Waals surface area (Å²) in [5.74, 6) is -1.37. The fraction of sp³-hybridized carbons (Fsp3) is 0.222. The maximum Gasteiger partial charge on any atom is 0.229 e. The Labute approximate surface area is 144 Å². The SMILES string of the molecule is Cc1ccc(N2CC(C(=O)Nc3ccc(F)c(Cl)c3)CC2=O)cc1. The van der Waals surface area contributed by atoms with Crippen LogP contribution in [0.1, 0.15) is 12.0 Å². The van der Waals surface area contributed by atoms with E-state index in [0.29, 0.717) is 12.2 Å². The first-order valence-electron chi connectivity index (χ1n) is 7.57. The van der Waals surface area contributed by atoms with E-state index in [1.54, 1.807) is 4.90 Å². The van der Waals surface area contributed by atoms with Crippen molar-refractivity contribution < 1.29 is 14.0 Å². The molecule has 1 heterocycles. The van der Waals surface area contributed by atoms with Crippen molar-refractivity contribution in [3.63, 3.8) is 0 Å². The van der Waals surface area contributed by atoms with Gasteiger partial charge in [0.1, 0.15) is 5.82 Å². The minimum atomic E-state index is -0.545. The average Bonchev–Trinajstić information content (AvgIpc) is 2.94. The maximum absolute atomic E-state index is 13.2.